The van der Waals surface area contributed by atoms with E-state index in [2.05, 4.69) is 18.8 Å². The molecule has 0 spiro atoms. The fraction of sp³-hybridized carbons (Fsp3) is 0.848. The molecule has 45 heavy (non-hydrogen) atoms. The first-order chi connectivity index (χ1) is 21.7. The molecule has 1 aromatic rings. The van der Waals surface area contributed by atoms with Crippen molar-refractivity contribution in [1.29, 1.82) is 0 Å². The predicted molar refractivity (Wildman–Crippen MR) is 175 cm³/mol. The average Bonchev–Trinajstić information content (AvgIpc) is 3.31. The highest BCUT2D eigenvalue weighted by Gasteiger charge is 2.52. The molecule has 2 atom stereocenters. The molecule has 1 aliphatic rings. The summed E-state index contributed by atoms with van der Waals surface area (Å²) >= 11 is 0. The molecule has 261 valence electrons. The van der Waals surface area contributed by atoms with Crippen molar-refractivity contribution in [3.63, 3.8) is 0 Å². The lowest BCUT2D eigenvalue weighted by atomic mass is 10.1. The van der Waals surface area contributed by atoms with Gasteiger partial charge in [-0.05, 0) is 18.9 Å². The number of nitrogens with zero attached hydrogens (tertiary/aromatic N) is 2. The zero-order chi connectivity index (χ0) is 32.8. The second-order valence-electron chi connectivity index (χ2n) is 12.2. The molecular weight excluding hydrogens is 603 g/mol. The molecule has 1 fully saturated rings. The number of nitrogens with two attached hydrogens (primary N) is 1. The Kier molecular flexibility index (Phi) is 20.4. The van der Waals surface area contributed by atoms with Crippen LogP contribution in [-0.2, 0) is 22.9 Å². The SMILES string of the molecule is CCCCCCCCCCCCOP(=O)(OCCCCCCCCCCCC)OC[C@H]1[CH]C(F)(F)[C@H](n2ccc(N)nc2=O)O1. The molecule has 0 saturated carbocycles. The Bertz CT molecular complexity index is 985. The van der Waals surface area contributed by atoms with Gasteiger partial charge in [0.15, 0.2) is 0 Å². The third-order valence-corrected chi connectivity index (χ3v) is 9.50. The number of hydrogen-bond acceptors (Lipinski definition) is 8. The van der Waals surface area contributed by atoms with Gasteiger partial charge >= 0.3 is 13.5 Å². The van der Waals surface area contributed by atoms with Crippen LogP contribution in [0.2, 0.25) is 0 Å². The number of aromatic nitrogens is 2. The van der Waals surface area contributed by atoms with E-state index in [4.69, 9.17) is 24.0 Å². The van der Waals surface area contributed by atoms with Crippen LogP contribution in [-0.4, -0.2) is 41.4 Å². The summed E-state index contributed by atoms with van der Waals surface area (Å²) in [6.07, 6.45) is 21.5. The van der Waals surface area contributed by atoms with Crippen LogP contribution in [0.25, 0.3) is 0 Å². The summed E-state index contributed by atoms with van der Waals surface area (Å²) < 4.78 is 65.9. The van der Waals surface area contributed by atoms with Gasteiger partial charge in [-0.25, -0.2) is 18.1 Å². The number of alkyl halides is 2. The minimum Gasteiger partial charge on any atom is -0.383 e. The van der Waals surface area contributed by atoms with Crippen molar-refractivity contribution in [2.75, 3.05) is 25.6 Å². The molecule has 12 heteroatoms. The fourth-order valence-electron chi connectivity index (χ4n) is 5.38. The van der Waals surface area contributed by atoms with E-state index in [0.29, 0.717) is 23.8 Å². The van der Waals surface area contributed by atoms with Gasteiger partial charge in [-0.2, -0.15) is 4.98 Å². The molecule has 1 saturated heterocycles. The summed E-state index contributed by atoms with van der Waals surface area (Å²) in [7, 11) is -4.02. The standard InChI is InChI=1S/C33H59F2N3O6P/c1-3-5-7-9-11-13-15-17-19-21-25-41-45(40,42-26-22-20-18-16-14-12-10-8-6-4-2)43-28-29-27-33(34,35)31(44-29)38-24-23-30(36)37-32(38)39/h23-24,27,29,31H,3-22,25-26,28H2,1-2H3,(H2,36,37,39)/t29-,31-/m1/s1. The highest BCUT2D eigenvalue weighted by Crippen LogP contribution is 2.51. The second-order valence-corrected chi connectivity index (χ2v) is 13.9. The maximum atomic E-state index is 14.8. The summed E-state index contributed by atoms with van der Waals surface area (Å²) in [4.78, 5) is 15.6. The van der Waals surface area contributed by atoms with Gasteiger partial charge in [-0.1, -0.05) is 129 Å². The highest BCUT2D eigenvalue weighted by atomic mass is 31.2. The third kappa shape index (κ3) is 16.8. The van der Waals surface area contributed by atoms with Crippen molar-refractivity contribution in [2.45, 2.75) is 161 Å². The first kappa shape index (κ1) is 39.8. The van der Waals surface area contributed by atoms with Crippen molar-refractivity contribution in [2.24, 2.45) is 0 Å². The molecule has 9 nitrogen and oxygen atoms in total. The summed E-state index contributed by atoms with van der Waals surface area (Å²) in [6, 6.07) is 1.24. The normalized spacial score (nSPS) is 18.1. The highest BCUT2D eigenvalue weighted by molar-refractivity contribution is 7.48. The van der Waals surface area contributed by atoms with E-state index in [9.17, 15) is 18.1 Å². The first-order valence-electron chi connectivity index (χ1n) is 17.5. The molecule has 1 aromatic heterocycles. The topological polar surface area (TPSA) is 115 Å². The smallest absolute Gasteiger partial charge is 0.383 e. The van der Waals surface area contributed by atoms with E-state index in [1.54, 1.807) is 0 Å². The quantitative estimate of drug-likeness (QED) is 0.0697. The monoisotopic (exact) mass is 662 g/mol. The molecule has 0 aromatic carbocycles. The lowest BCUT2D eigenvalue weighted by molar-refractivity contribution is -0.115. The maximum absolute atomic E-state index is 14.8. The molecule has 1 aliphatic heterocycles. The number of phosphoric acid groups is 1. The van der Waals surface area contributed by atoms with Crippen molar-refractivity contribution in [1.82, 2.24) is 9.55 Å². The number of anilines is 1. The van der Waals surface area contributed by atoms with Gasteiger partial charge in [0.2, 0.25) is 6.23 Å². The van der Waals surface area contributed by atoms with Gasteiger partial charge in [-0.15, -0.1) is 0 Å². The fourth-order valence-corrected chi connectivity index (χ4v) is 6.64. The minimum absolute atomic E-state index is 0.0820. The van der Waals surface area contributed by atoms with Crippen molar-refractivity contribution in [3.8, 4) is 0 Å². The van der Waals surface area contributed by atoms with E-state index < -0.39 is 38.4 Å². The Labute approximate surface area is 269 Å². The van der Waals surface area contributed by atoms with E-state index in [-0.39, 0.29) is 19.0 Å². The zero-order valence-electron chi connectivity index (χ0n) is 27.8. The van der Waals surface area contributed by atoms with Gasteiger partial charge in [0.1, 0.15) is 5.82 Å². The molecule has 0 bridgehead atoms. The third-order valence-electron chi connectivity index (χ3n) is 8.04. The van der Waals surface area contributed by atoms with Crippen LogP contribution in [0.5, 0.6) is 0 Å². The minimum atomic E-state index is -4.02. The number of ether oxygens (including phenoxy) is 1. The molecule has 0 amide bonds. The molecule has 2 rings (SSSR count). The Hall–Kier alpha value is -1.39. The molecule has 1 radical (unpaired) electrons. The lowest BCUT2D eigenvalue weighted by Crippen LogP contribution is -2.35. The van der Waals surface area contributed by atoms with Crippen LogP contribution in [0.4, 0.5) is 14.6 Å². The molecule has 2 N–H and O–H groups in total. The van der Waals surface area contributed by atoms with Crippen LogP contribution in [0.3, 0.4) is 0 Å². The van der Waals surface area contributed by atoms with E-state index in [1.165, 1.54) is 83.1 Å². The molecule has 0 aliphatic carbocycles. The number of hydrogen-bond donors (Lipinski definition) is 1. The lowest BCUT2D eigenvalue weighted by Gasteiger charge is -2.21. The van der Waals surface area contributed by atoms with E-state index >= 15 is 0 Å². The van der Waals surface area contributed by atoms with E-state index in [0.717, 1.165) is 44.7 Å². The van der Waals surface area contributed by atoms with Gasteiger partial charge in [0, 0.05) is 6.20 Å². The Morgan fingerprint density at radius 3 is 1.69 bits per heavy atom. The van der Waals surface area contributed by atoms with Gasteiger partial charge in [0.25, 0.3) is 5.92 Å². The summed E-state index contributed by atoms with van der Waals surface area (Å²) in [5.41, 5.74) is 4.52. The average molecular weight is 663 g/mol. The second kappa shape index (κ2) is 23.0. The molecule has 0 unspecified atom stereocenters. The predicted octanol–water partition coefficient (Wildman–Crippen LogP) is 9.56. The molecular formula is C33H59F2N3O6P. The number of halogens is 2. The van der Waals surface area contributed by atoms with Crippen LogP contribution in [0.1, 0.15) is 148 Å². The van der Waals surface area contributed by atoms with Gasteiger partial charge in [0.05, 0.1) is 32.3 Å². The van der Waals surface area contributed by atoms with Crippen LogP contribution in [0.15, 0.2) is 17.1 Å². The number of rotatable bonds is 28. The van der Waals surface area contributed by atoms with Crippen molar-refractivity contribution < 1.29 is 31.7 Å². The van der Waals surface area contributed by atoms with Crippen LogP contribution < -0.4 is 11.4 Å². The summed E-state index contributed by atoms with van der Waals surface area (Å²) in [5, 5.41) is 0. The van der Waals surface area contributed by atoms with Crippen LogP contribution in [0, 0.1) is 6.42 Å². The Balaban J connectivity index is 1.79. The van der Waals surface area contributed by atoms with Crippen molar-refractivity contribution >= 4 is 13.6 Å². The van der Waals surface area contributed by atoms with Gasteiger partial charge < -0.3 is 10.5 Å². The zero-order valence-corrected chi connectivity index (χ0v) is 28.7. The molecule has 2 heterocycles. The largest absolute Gasteiger partial charge is 0.474 e. The summed E-state index contributed by atoms with van der Waals surface area (Å²) in [6.45, 7) is 4.33. The van der Waals surface area contributed by atoms with Crippen molar-refractivity contribution in [3.05, 3.63) is 29.2 Å². The van der Waals surface area contributed by atoms with Gasteiger partial charge in [-0.3, -0.25) is 18.1 Å². The number of unbranched alkanes of at least 4 members (excludes halogenated alkanes) is 18. The Morgan fingerprint density at radius 2 is 1.24 bits per heavy atom. The van der Waals surface area contributed by atoms with E-state index in [1.807, 2.05) is 0 Å². The Morgan fingerprint density at radius 1 is 0.800 bits per heavy atom. The number of phosphoric ester groups is 1. The summed E-state index contributed by atoms with van der Waals surface area (Å²) in [5.74, 6) is -3.57. The number of nitrogen functional groups attached to an aromatic ring is 1. The maximum Gasteiger partial charge on any atom is 0.474 e. The first-order valence-corrected chi connectivity index (χ1v) is 18.9. The van der Waals surface area contributed by atoms with Crippen LogP contribution >= 0.6 is 7.82 Å².